The van der Waals surface area contributed by atoms with Gasteiger partial charge in [0.2, 0.25) is 0 Å². The number of carbonyl (C=O) groups excluding carboxylic acids is 1. The van der Waals surface area contributed by atoms with Gasteiger partial charge in [-0.3, -0.25) is 19.1 Å². The van der Waals surface area contributed by atoms with Crippen LogP contribution >= 0.6 is 24.0 Å². The maximum atomic E-state index is 13.5. The van der Waals surface area contributed by atoms with Crippen LogP contribution in [-0.2, 0) is 17.9 Å². The van der Waals surface area contributed by atoms with E-state index in [2.05, 4.69) is 29.7 Å². The largest absolute Gasteiger partial charge is 0.355 e. The van der Waals surface area contributed by atoms with Crippen molar-refractivity contribution in [3.05, 3.63) is 67.8 Å². The molecule has 0 radical (unpaired) electrons. The number of thiocarbonyl (C=S) groups is 1. The number of amides is 1. The van der Waals surface area contributed by atoms with Gasteiger partial charge in [0, 0.05) is 38.3 Å². The monoisotopic (exact) mass is 535 g/mol. The fourth-order valence-electron chi connectivity index (χ4n) is 4.82. The van der Waals surface area contributed by atoms with E-state index < -0.39 is 0 Å². The van der Waals surface area contributed by atoms with E-state index in [-0.39, 0.29) is 17.0 Å². The van der Waals surface area contributed by atoms with Crippen LogP contribution in [0, 0.1) is 18.3 Å². The Morgan fingerprint density at radius 3 is 2.43 bits per heavy atom. The summed E-state index contributed by atoms with van der Waals surface area (Å²) < 4.78 is 2.27. The molecule has 2 aliphatic heterocycles. The number of benzene rings is 1. The van der Waals surface area contributed by atoms with Crippen molar-refractivity contribution in [1.82, 2.24) is 14.4 Å². The molecule has 7 nitrogen and oxygen atoms in total. The van der Waals surface area contributed by atoms with Gasteiger partial charge in [-0.2, -0.15) is 5.26 Å². The Morgan fingerprint density at radius 1 is 1.11 bits per heavy atom. The first-order chi connectivity index (χ1) is 17.9. The highest BCUT2D eigenvalue weighted by Crippen LogP contribution is 2.36. The van der Waals surface area contributed by atoms with E-state index in [4.69, 9.17) is 12.2 Å². The second-order valence-electron chi connectivity index (χ2n) is 9.33. The molecule has 1 aromatic heterocycles. The Labute approximate surface area is 228 Å². The van der Waals surface area contributed by atoms with Gasteiger partial charge in [-0.25, -0.2) is 0 Å². The van der Waals surface area contributed by atoms with E-state index in [1.807, 2.05) is 43.3 Å². The number of pyridine rings is 1. The number of nitriles is 1. The second kappa shape index (κ2) is 12.1. The lowest BCUT2D eigenvalue weighted by Gasteiger charge is -2.37. The third kappa shape index (κ3) is 5.66. The van der Waals surface area contributed by atoms with Crippen LogP contribution < -0.4 is 10.5 Å². The Morgan fingerprint density at radius 2 is 1.81 bits per heavy atom. The predicted octanol–water partition coefficient (Wildman–Crippen LogP) is 4.37. The van der Waals surface area contributed by atoms with E-state index in [0.717, 1.165) is 62.5 Å². The molecule has 0 unspecified atom stereocenters. The van der Waals surface area contributed by atoms with Gasteiger partial charge < -0.3 is 9.80 Å². The smallest absolute Gasteiger partial charge is 0.270 e. The van der Waals surface area contributed by atoms with Gasteiger partial charge in [-0.05, 0) is 37.1 Å². The molecule has 0 saturated carbocycles. The summed E-state index contributed by atoms with van der Waals surface area (Å²) >= 11 is 6.86. The average Bonchev–Trinajstić information content (AvgIpc) is 3.17. The molecule has 2 fully saturated rings. The molecule has 1 amide bonds. The first kappa shape index (κ1) is 27.1. The van der Waals surface area contributed by atoms with Gasteiger partial charge in [0.05, 0.1) is 11.4 Å². The number of hydrogen-bond acceptors (Lipinski definition) is 7. The average molecular weight is 536 g/mol. The van der Waals surface area contributed by atoms with Crippen molar-refractivity contribution in [2.45, 2.75) is 46.7 Å². The minimum absolute atomic E-state index is 0.137. The number of rotatable bonds is 8. The first-order valence-corrected chi connectivity index (χ1v) is 14.1. The molecule has 0 bridgehead atoms. The Bertz CT molecular complexity index is 1300. The van der Waals surface area contributed by atoms with Crippen molar-refractivity contribution in [2.24, 2.45) is 0 Å². The highest BCUT2D eigenvalue weighted by atomic mass is 32.2. The number of hydrogen-bond donors (Lipinski definition) is 0. The SMILES string of the molecule is CCCCn1c(N2CCN(CC)CC2)c(/C=C2/SC(=S)N(Cc3ccccc3)C2=O)c(C)c(C#N)c1=O. The normalized spacial score (nSPS) is 17.6. The van der Waals surface area contributed by atoms with Crippen molar-refractivity contribution < 1.29 is 4.79 Å². The highest BCUT2D eigenvalue weighted by Gasteiger charge is 2.33. The van der Waals surface area contributed by atoms with Gasteiger partial charge in [-0.1, -0.05) is 74.6 Å². The lowest BCUT2D eigenvalue weighted by molar-refractivity contribution is -0.122. The number of piperazine rings is 1. The Hall–Kier alpha value is -2.93. The van der Waals surface area contributed by atoms with Gasteiger partial charge in [0.25, 0.3) is 11.5 Å². The van der Waals surface area contributed by atoms with E-state index in [1.165, 1.54) is 11.8 Å². The van der Waals surface area contributed by atoms with Crippen molar-refractivity contribution in [3.8, 4) is 6.07 Å². The van der Waals surface area contributed by atoms with Crippen LogP contribution in [0.3, 0.4) is 0 Å². The zero-order chi connectivity index (χ0) is 26.5. The number of nitrogens with zero attached hydrogens (tertiary/aromatic N) is 5. The molecule has 4 rings (SSSR count). The molecule has 3 heterocycles. The summed E-state index contributed by atoms with van der Waals surface area (Å²) in [5.74, 6) is 0.656. The lowest BCUT2D eigenvalue weighted by Crippen LogP contribution is -2.48. The van der Waals surface area contributed by atoms with Crippen molar-refractivity contribution in [2.75, 3.05) is 37.6 Å². The molecule has 1 aromatic carbocycles. The maximum Gasteiger partial charge on any atom is 0.270 e. The molecular formula is C28H33N5O2S2. The number of likely N-dealkylation sites (N-methyl/N-ethyl adjacent to an activating group) is 1. The second-order valence-corrected chi connectivity index (χ2v) is 11.0. The summed E-state index contributed by atoms with van der Waals surface area (Å²) in [6, 6.07) is 11.9. The van der Waals surface area contributed by atoms with Crippen LogP contribution in [0.1, 0.15) is 48.9 Å². The fourth-order valence-corrected chi connectivity index (χ4v) is 6.05. The third-order valence-electron chi connectivity index (χ3n) is 7.03. The Balaban J connectivity index is 1.81. The summed E-state index contributed by atoms with van der Waals surface area (Å²) in [5.41, 5.74) is 2.26. The van der Waals surface area contributed by atoms with Crippen LogP contribution in [0.2, 0.25) is 0 Å². The van der Waals surface area contributed by atoms with E-state index in [9.17, 15) is 14.9 Å². The van der Waals surface area contributed by atoms with Gasteiger partial charge in [-0.15, -0.1) is 0 Å². The van der Waals surface area contributed by atoms with Crippen LogP contribution in [0.5, 0.6) is 0 Å². The van der Waals surface area contributed by atoms with Crippen LogP contribution in [0.15, 0.2) is 40.0 Å². The molecule has 0 spiro atoms. The molecule has 0 N–H and O–H groups in total. The Kier molecular flexibility index (Phi) is 8.85. The number of carbonyl (C=O) groups is 1. The van der Waals surface area contributed by atoms with Gasteiger partial charge >= 0.3 is 0 Å². The fraction of sp³-hybridized carbons (Fsp3) is 0.429. The first-order valence-electron chi connectivity index (χ1n) is 12.8. The molecule has 0 aliphatic carbocycles. The minimum atomic E-state index is -0.254. The molecule has 2 aliphatic rings. The number of anilines is 1. The molecule has 9 heteroatoms. The van der Waals surface area contributed by atoms with Crippen molar-refractivity contribution >= 4 is 46.1 Å². The molecule has 2 saturated heterocycles. The maximum absolute atomic E-state index is 13.5. The summed E-state index contributed by atoms with van der Waals surface area (Å²) in [5, 5.41) is 9.90. The molecule has 2 aromatic rings. The number of thioether (sulfide) groups is 1. The van der Waals surface area contributed by atoms with Crippen molar-refractivity contribution in [3.63, 3.8) is 0 Å². The summed E-state index contributed by atoms with van der Waals surface area (Å²) in [6.07, 6.45) is 3.61. The van der Waals surface area contributed by atoms with E-state index >= 15 is 0 Å². The van der Waals surface area contributed by atoms with Crippen LogP contribution in [0.25, 0.3) is 6.08 Å². The number of aromatic nitrogens is 1. The topological polar surface area (TPSA) is 72.6 Å². The van der Waals surface area contributed by atoms with E-state index in [1.54, 1.807) is 9.47 Å². The van der Waals surface area contributed by atoms with Crippen LogP contribution in [-0.4, -0.2) is 57.3 Å². The third-order valence-corrected chi connectivity index (χ3v) is 8.41. The quantitative estimate of drug-likeness (QED) is 0.367. The standard InChI is InChI=1S/C28H33N5O2S2/c1-4-6-12-32-25(31-15-13-30(5-2)14-16-31)22(20(3)23(18-29)26(32)34)17-24-27(35)33(28(36)37-24)19-21-10-8-7-9-11-21/h7-11,17H,4-6,12-16,19H2,1-3H3/b24-17+. The molecular weight excluding hydrogens is 502 g/mol. The van der Waals surface area contributed by atoms with E-state index in [0.29, 0.717) is 27.9 Å². The molecule has 37 heavy (non-hydrogen) atoms. The lowest BCUT2D eigenvalue weighted by atomic mass is 10.0. The molecule has 0 atom stereocenters. The zero-order valence-corrected chi connectivity index (χ0v) is 23.3. The number of unbranched alkanes of at least 4 members (excludes halogenated alkanes) is 1. The van der Waals surface area contributed by atoms with Gasteiger partial charge in [0.15, 0.2) is 0 Å². The van der Waals surface area contributed by atoms with Gasteiger partial charge in [0.1, 0.15) is 21.8 Å². The minimum Gasteiger partial charge on any atom is -0.355 e. The summed E-state index contributed by atoms with van der Waals surface area (Å²) in [7, 11) is 0. The highest BCUT2D eigenvalue weighted by molar-refractivity contribution is 8.26. The zero-order valence-electron chi connectivity index (χ0n) is 21.7. The van der Waals surface area contributed by atoms with Crippen molar-refractivity contribution in [1.29, 1.82) is 5.26 Å². The molecule has 194 valence electrons. The van der Waals surface area contributed by atoms with Crippen LogP contribution in [0.4, 0.5) is 5.82 Å². The summed E-state index contributed by atoms with van der Waals surface area (Å²) in [4.78, 5) is 33.7. The summed E-state index contributed by atoms with van der Waals surface area (Å²) in [6.45, 7) is 11.3. The predicted molar refractivity (Wildman–Crippen MR) is 155 cm³/mol.